The maximum atomic E-state index is 12.7. The van der Waals surface area contributed by atoms with Crippen LogP contribution >= 0.6 is 0 Å². The summed E-state index contributed by atoms with van der Waals surface area (Å²) in [6.45, 7) is 3.54. The highest BCUT2D eigenvalue weighted by atomic mass is 16.4. The molecule has 0 bridgehead atoms. The molecule has 1 aromatic rings. The SMILES string of the molecule is Cc1ccc(NC(=O)N(C)CCC(=O)O)cc1C(=O)N1CCCCC1. The van der Waals surface area contributed by atoms with Gasteiger partial charge >= 0.3 is 12.0 Å². The minimum Gasteiger partial charge on any atom is -0.481 e. The molecule has 2 rings (SSSR count). The summed E-state index contributed by atoms with van der Waals surface area (Å²) in [5.74, 6) is -0.961. The number of hydrogen-bond acceptors (Lipinski definition) is 3. The molecule has 1 heterocycles. The molecule has 1 saturated heterocycles. The van der Waals surface area contributed by atoms with E-state index >= 15 is 0 Å². The number of urea groups is 1. The number of likely N-dealkylation sites (tertiary alicyclic amines) is 1. The number of carbonyl (C=O) groups is 3. The molecule has 0 radical (unpaired) electrons. The number of carboxylic acid groups (broad SMARTS) is 1. The predicted molar refractivity (Wildman–Crippen MR) is 94.8 cm³/mol. The number of nitrogens with one attached hydrogen (secondary N) is 1. The lowest BCUT2D eigenvalue weighted by Crippen LogP contribution is -2.36. The third-order valence-electron chi connectivity index (χ3n) is 4.37. The molecule has 0 unspecified atom stereocenters. The van der Waals surface area contributed by atoms with Crippen LogP contribution in [0.2, 0.25) is 0 Å². The van der Waals surface area contributed by atoms with Gasteiger partial charge in [0.1, 0.15) is 0 Å². The summed E-state index contributed by atoms with van der Waals surface area (Å²) in [6, 6.07) is 4.84. The Morgan fingerprint density at radius 1 is 1.20 bits per heavy atom. The van der Waals surface area contributed by atoms with Crippen molar-refractivity contribution in [2.24, 2.45) is 0 Å². The second kappa shape index (κ2) is 8.50. The summed E-state index contributed by atoms with van der Waals surface area (Å²) in [5, 5.41) is 11.4. The van der Waals surface area contributed by atoms with E-state index in [2.05, 4.69) is 5.32 Å². The second-order valence-electron chi connectivity index (χ2n) is 6.38. The maximum absolute atomic E-state index is 12.7. The molecule has 0 saturated carbocycles. The van der Waals surface area contributed by atoms with Crippen molar-refractivity contribution in [1.29, 1.82) is 0 Å². The van der Waals surface area contributed by atoms with Gasteiger partial charge in [0.25, 0.3) is 5.91 Å². The van der Waals surface area contributed by atoms with Gasteiger partial charge in [-0.2, -0.15) is 0 Å². The van der Waals surface area contributed by atoms with Crippen molar-refractivity contribution < 1.29 is 19.5 Å². The molecule has 2 N–H and O–H groups in total. The zero-order chi connectivity index (χ0) is 18.4. The first-order chi connectivity index (χ1) is 11.9. The van der Waals surface area contributed by atoms with Crippen LogP contribution in [0, 0.1) is 6.92 Å². The molecule has 25 heavy (non-hydrogen) atoms. The third kappa shape index (κ3) is 5.20. The molecule has 136 valence electrons. The Kier molecular flexibility index (Phi) is 6.38. The molecule has 0 aliphatic carbocycles. The molecule has 1 aliphatic rings. The Morgan fingerprint density at radius 3 is 2.52 bits per heavy atom. The first-order valence-electron chi connectivity index (χ1n) is 8.52. The highest BCUT2D eigenvalue weighted by molar-refractivity contribution is 5.98. The minimum atomic E-state index is -0.954. The number of carboxylic acids is 1. The van der Waals surface area contributed by atoms with Crippen LogP contribution < -0.4 is 5.32 Å². The van der Waals surface area contributed by atoms with E-state index in [0.717, 1.165) is 37.9 Å². The lowest BCUT2D eigenvalue weighted by atomic mass is 10.0. The Labute approximate surface area is 147 Å². The summed E-state index contributed by atoms with van der Waals surface area (Å²) in [6.07, 6.45) is 3.09. The van der Waals surface area contributed by atoms with Crippen LogP contribution in [-0.2, 0) is 4.79 Å². The number of benzene rings is 1. The van der Waals surface area contributed by atoms with Gasteiger partial charge < -0.3 is 20.2 Å². The standard InChI is InChI=1S/C18H25N3O4/c1-13-6-7-14(19-18(25)20(2)11-8-16(22)23)12-15(13)17(24)21-9-4-3-5-10-21/h6-7,12H,3-5,8-11H2,1-2H3,(H,19,25)(H,22,23). The van der Waals surface area contributed by atoms with Crippen LogP contribution in [0.5, 0.6) is 0 Å². The van der Waals surface area contributed by atoms with Crippen molar-refractivity contribution in [1.82, 2.24) is 9.80 Å². The van der Waals surface area contributed by atoms with Crippen molar-refractivity contribution >= 4 is 23.6 Å². The monoisotopic (exact) mass is 347 g/mol. The number of aliphatic carboxylic acids is 1. The molecular formula is C18H25N3O4. The van der Waals surface area contributed by atoms with Crippen LogP contribution in [0.15, 0.2) is 18.2 Å². The minimum absolute atomic E-state index is 0.00692. The molecule has 7 nitrogen and oxygen atoms in total. The summed E-state index contributed by atoms with van der Waals surface area (Å²) < 4.78 is 0. The van der Waals surface area contributed by atoms with E-state index in [-0.39, 0.29) is 18.9 Å². The zero-order valence-electron chi connectivity index (χ0n) is 14.7. The number of anilines is 1. The topological polar surface area (TPSA) is 90.0 Å². The van der Waals surface area contributed by atoms with E-state index < -0.39 is 12.0 Å². The summed E-state index contributed by atoms with van der Waals surface area (Å²) in [7, 11) is 1.53. The van der Waals surface area contributed by atoms with Crippen molar-refractivity contribution in [2.45, 2.75) is 32.6 Å². The van der Waals surface area contributed by atoms with E-state index in [1.165, 1.54) is 11.9 Å². The molecule has 0 aromatic heterocycles. The Balaban J connectivity index is 2.06. The van der Waals surface area contributed by atoms with Crippen molar-refractivity contribution in [3.05, 3.63) is 29.3 Å². The van der Waals surface area contributed by atoms with Gasteiger partial charge in [0.05, 0.1) is 6.42 Å². The van der Waals surface area contributed by atoms with Gasteiger partial charge in [-0.1, -0.05) is 6.07 Å². The predicted octanol–water partition coefficient (Wildman–Crippen LogP) is 2.56. The van der Waals surface area contributed by atoms with E-state index in [1.807, 2.05) is 17.9 Å². The first-order valence-corrected chi connectivity index (χ1v) is 8.52. The van der Waals surface area contributed by atoms with E-state index in [0.29, 0.717) is 11.3 Å². The van der Waals surface area contributed by atoms with Gasteiger partial charge in [0, 0.05) is 37.9 Å². The van der Waals surface area contributed by atoms with Crippen LogP contribution in [0.25, 0.3) is 0 Å². The Hall–Kier alpha value is -2.57. The van der Waals surface area contributed by atoms with Gasteiger partial charge in [-0.3, -0.25) is 9.59 Å². The molecule has 0 atom stereocenters. The first kappa shape index (κ1) is 18.8. The number of hydrogen-bond donors (Lipinski definition) is 2. The quantitative estimate of drug-likeness (QED) is 0.856. The molecule has 1 aliphatic heterocycles. The van der Waals surface area contributed by atoms with Crippen LogP contribution in [0.3, 0.4) is 0 Å². The van der Waals surface area contributed by atoms with E-state index in [9.17, 15) is 14.4 Å². The number of piperidine rings is 1. The lowest BCUT2D eigenvalue weighted by molar-refractivity contribution is -0.137. The van der Waals surface area contributed by atoms with Gasteiger partial charge in [-0.05, 0) is 43.9 Å². The maximum Gasteiger partial charge on any atom is 0.321 e. The van der Waals surface area contributed by atoms with Gasteiger partial charge in [-0.15, -0.1) is 0 Å². The Bertz CT molecular complexity index is 654. The summed E-state index contributed by atoms with van der Waals surface area (Å²) in [4.78, 5) is 38.6. The fraction of sp³-hybridized carbons (Fsp3) is 0.500. The Morgan fingerprint density at radius 2 is 1.88 bits per heavy atom. The van der Waals surface area contributed by atoms with Crippen molar-refractivity contribution in [2.75, 3.05) is 32.0 Å². The fourth-order valence-electron chi connectivity index (χ4n) is 2.78. The van der Waals surface area contributed by atoms with Crippen LogP contribution in [-0.4, -0.2) is 59.5 Å². The smallest absolute Gasteiger partial charge is 0.321 e. The molecule has 7 heteroatoms. The van der Waals surface area contributed by atoms with Gasteiger partial charge in [0.2, 0.25) is 0 Å². The molecule has 1 fully saturated rings. The highest BCUT2D eigenvalue weighted by Crippen LogP contribution is 2.20. The largest absolute Gasteiger partial charge is 0.481 e. The second-order valence-corrected chi connectivity index (χ2v) is 6.38. The summed E-state index contributed by atoms with van der Waals surface area (Å²) in [5.41, 5.74) is 1.99. The van der Waals surface area contributed by atoms with Gasteiger partial charge in [-0.25, -0.2) is 4.79 Å². The van der Waals surface area contributed by atoms with E-state index in [1.54, 1.807) is 12.1 Å². The van der Waals surface area contributed by atoms with Crippen LogP contribution in [0.1, 0.15) is 41.6 Å². The number of amides is 3. The number of nitrogens with zero attached hydrogens (tertiary/aromatic N) is 2. The average Bonchev–Trinajstić information content (AvgIpc) is 2.61. The normalized spacial score (nSPS) is 14.1. The van der Waals surface area contributed by atoms with Gasteiger partial charge in [0.15, 0.2) is 0 Å². The highest BCUT2D eigenvalue weighted by Gasteiger charge is 2.20. The summed E-state index contributed by atoms with van der Waals surface area (Å²) >= 11 is 0. The number of carbonyl (C=O) groups excluding carboxylic acids is 2. The van der Waals surface area contributed by atoms with Crippen molar-refractivity contribution in [3.8, 4) is 0 Å². The third-order valence-corrected chi connectivity index (χ3v) is 4.37. The molecule has 1 aromatic carbocycles. The average molecular weight is 347 g/mol. The van der Waals surface area contributed by atoms with E-state index in [4.69, 9.17) is 5.11 Å². The zero-order valence-corrected chi connectivity index (χ0v) is 14.7. The molecule has 0 spiro atoms. The molecular weight excluding hydrogens is 322 g/mol. The molecule has 3 amide bonds. The fourth-order valence-corrected chi connectivity index (χ4v) is 2.78. The van der Waals surface area contributed by atoms with Crippen molar-refractivity contribution in [3.63, 3.8) is 0 Å². The van der Waals surface area contributed by atoms with Crippen LogP contribution in [0.4, 0.5) is 10.5 Å². The lowest BCUT2D eigenvalue weighted by Gasteiger charge is -2.27. The number of rotatable bonds is 5. The number of aryl methyl sites for hydroxylation is 1.